The molecule has 0 amide bonds. The van der Waals surface area contributed by atoms with Crippen molar-refractivity contribution in [3.63, 3.8) is 0 Å². The van der Waals surface area contributed by atoms with Gasteiger partial charge in [0, 0.05) is 0 Å². The summed E-state index contributed by atoms with van der Waals surface area (Å²) in [7, 11) is 0. The highest BCUT2D eigenvalue weighted by molar-refractivity contribution is 5.98. The van der Waals surface area contributed by atoms with Gasteiger partial charge in [-0.3, -0.25) is 0 Å². The first kappa shape index (κ1) is 13.9. The van der Waals surface area contributed by atoms with E-state index in [-0.39, 0.29) is 0 Å². The van der Waals surface area contributed by atoms with E-state index in [0.29, 0.717) is 5.92 Å². The van der Waals surface area contributed by atoms with E-state index in [1.165, 1.54) is 33.0 Å². The molecule has 0 spiro atoms. The fourth-order valence-electron chi connectivity index (χ4n) is 3.01. The average molecular weight is 274 g/mol. The maximum Gasteiger partial charge on any atom is -0.0103 e. The van der Waals surface area contributed by atoms with Gasteiger partial charge in [0.25, 0.3) is 0 Å². The van der Waals surface area contributed by atoms with Crippen LogP contribution in [0.4, 0.5) is 0 Å². The average Bonchev–Trinajstić information content (AvgIpc) is 2.48. The molecule has 0 nitrogen and oxygen atoms in total. The van der Waals surface area contributed by atoms with Gasteiger partial charge in [0.15, 0.2) is 0 Å². The number of rotatable bonds is 3. The lowest BCUT2D eigenvalue weighted by atomic mass is 9.92. The van der Waals surface area contributed by atoms with Crippen molar-refractivity contribution in [2.24, 2.45) is 5.92 Å². The number of fused-ring (bicyclic) bond motifs is 1. The minimum absolute atomic E-state index is 0.695. The third-order valence-electron chi connectivity index (χ3n) is 4.03. The standard InChI is InChI=1S/C21H22/c1-15(2)13-17-10-12-20-19(18-7-5-4-6-8-18)11-9-16(3)21(20)14-17/h4-12,14-15H,13H2,1-3H3. The molecule has 0 aromatic heterocycles. The monoisotopic (exact) mass is 274 g/mol. The second kappa shape index (κ2) is 5.73. The highest BCUT2D eigenvalue weighted by atomic mass is 14.1. The summed E-state index contributed by atoms with van der Waals surface area (Å²) in [6.07, 6.45) is 1.14. The van der Waals surface area contributed by atoms with E-state index < -0.39 is 0 Å². The second-order valence-electron chi connectivity index (χ2n) is 6.27. The van der Waals surface area contributed by atoms with Crippen LogP contribution in [0.3, 0.4) is 0 Å². The topological polar surface area (TPSA) is 0 Å². The van der Waals surface area contributed by atoms with Crippen molar-refractivity contribution < 1.29 is 0 Å². The molecule has 0 heterocycles. The van der Waals surface area contributed by atoms with E-state index in [1.807, 2.05) is 0 Å². The van der Waals surface area contributed by atoms with Gasteiger partial charge in [-0.2, -0.15) is 0 Å². The Morgan fingerprint density at radius 2 is 1.57 bits per heavy atom. The van der Waals surface area contributed by atoms with Crippen LogP contribution in [0.5, 0.6) is 0 Å². The van der Waals surface area contributed by atoms with E-state index >= 15 is 0 Å². The van der Waals surface area contributed by atoms with Crippen molar-refractivity contribution in [1.29, 1.82) is 0 Å². The van der Waals surface area contributed by atoms with Gasteiger partial charge in [-0.15, -0.1) is 0 Å². The van der Waals surface area contributed by atoms with Gasteiger partial charge in [0.1, 0.15) is 0 Å². The van der Waals surface area contributed by atoms with E-state index in [0.717, 1.165) is 6.42 Å². The summed E-state index contributed by atoms with van der Waals surface area (Å²) < 4.78 is 0. The summed E-state index contributed by atoms with van der Waals surface area (Å²) in [4.78, 5) is 0. The van der Waals surface area contributed by atoms with Crippen LogP contribution in [0.15, 0.2) is 60.7 Å². The number of aryl methyl sites for hydroxylation is 1. The maximum absolute atomic E-state index is 2.37. The van der Waals surface area contributed by atoms with Crippen LogP contribution in [-0.4, -0.2) is 0 Å². The first-order chi connectivity index (χ1) is 10.1. The molecule has 0 aliphatic rings. The van der Waals surface area contributed by atoms with Crippen molar-refractivity contribution in [3.8, 4) is 11.1 Å². The fourth-order valence-corrected chi connectivity index (χ4v) is 3.01. The molecular formula is C21H22. The number of hydrogen-bond donors (Lipinski definition) is 0. The highest BCUT2D eigenvalue weighted by Crippen LogP contribution is 2.31. The summed E-state index contributed by atoms with van der Waals surface area (Å²) in [5, 5.41) is 2.74. The predicted octanol–water partition coefficient (Wildman–Crippen LogP) is 6.01. The van der Waals surface area contributed by atoms with Crippen LogP contribution in [0.1, 0.15) is 25.0 Å². The molecule has 0 atom stereocenters. The Labute approximate surface area is 127 Å². The Morgan fingerprint density at radius 3 is 2.29 bits per heavy atom. The maximum atomic E-state index is 2.37. The molecule has 0 radical (unpaired) electrons. The molecule has 0 saturated heterocycles. The Morgan fingerprint density at radius 1 is 0.810 bits per heavy atom. The SMILES string of the molecule is Cc1ccc(-c2ccccc2)c2ccc(CC(C)C)cc12. The van der Waals surface area contributed by atoms with Crippen LogP contribution in [-0.2, 0) is 6.42 Å². The number of hydrogen-bond acceptors (Lipinski definition) is 0. The Bertz CT molecular complexity index is 752. The first-order valence-corrected chi connectivity index (χ1v) is 7.73. The zero-order valence-corrected chi connectivity index (χ0v) is 13.1. The van der Waals surface area contributed by atoms with Crippen molar-refractivity contribution in [3.05, 3.63) is 71.8 Å². The summed E-state index contributed by atoms with van der Waals surface area (Å²) in [6.45, 7) is 6.76. The lowest BCUT2D eigenvalue weighted by Gasteiger charge is -2.12. The molecule has 0 fully saturated rings. The summed E-state index contributed by atoms with van der Waals surface area (Å²) in [5.41, 5.74) is 5.41. The van der Waals surface area contributed by atoms with Crippen LogP contribution in [0.25, 0.3) is 21.9 Å². The zero-order chi connectivity index (χ0) is 14.8. The van der Waals surface area contributed by atoms with E-state index in [1.54, 1.807) is 0 Å². The van der Waals surface area contributed by atoms with Crippen molar-refractivity contribution >= 4 is 10.8 Å². The number of benzene rings is 3. The lowest BCUT2D eigenvalue weighted by Crippen LogP contribution is -1.94. The largest absolute Gasteiger partial charge is 0.0625 e. The normalized spacial score (nSPS) is 11.2. The summed E-state index contributed by atoms with van der Waals surface area (Å²) in [6, 6.07) is 22.1. The van der Waals surface area contributed by atoms with E-state index in [4.69, 9.17) is 0 Å². The lowest BCUT2D eigenvalue weighted by molar-refractivity contribution is 0.648. The molecule has 0 aliphatic heterocycles. The van der Waals surface area contributed by atoms with Crippen LogP contribution >= 0.6 is 0 Å². The van der Waals surface area contributed by atoms with Crippen LogP contribution in [0, 0.1) is 12.8 Å². The van der Waals surface area contributed by atoms with Crippen molar-refractivity contribution in [2.45, 2.75) is 27.2 Å². The van der Waals surface area contributed by atoms with Gasteiger partial charge in [-0.25, -0.2) is 0 Å². The van der Waals surface area contributed by atoms with Gasteiger partial charge in [0.2, 0.25) is 0 Å². The van der Waals surface area contributed by atoms with Gasteiger partial charge in [-0.05, 0) is 52.3 Å². The Hall–Kier alpha value is -2.08. The minimum Gasteiger partial charge on any atom is -0.0625 e. The van der Waals surface area contributed by atoms with Gasteiger partial charge >= 0.3 is 0 Å². The Balaban J connectivity index is 2.18. The van der Waals surface area contributed by atoms with Crippen molar-refractivity contribution in [2.75, 3.05) is 0 Å². The van der Waals surface area contributed by atoms with E-state index in [2.05, 4.69) is 81.4 Å². The molecule has 0 saturated carbocycles. The molecule has 3 rings (SSSR count). The Kier molecular flexibility index (Phi) is 3.79. The second-order valence-corrected chi connectivity index (χ2v) is 6.27. The van der Waals surface area contributed by atoms with Gasteiger partial charge in [-0.1, -0.05) is 74.5 Å². The molecule has 0 aliphatic carbocycles. The fraction of sp³-hybridized carbons (Fsp3) is 0.238. The van der Waals surface area contributed by atoms with Crippen LogP contribution < -0.4 is 0 Å². The summed E-state index contributed by atoms with van der Waals surface area (Å²) in [5.74, 6) is 0.695. The molecule has 21 heavy (non-hydrogen) atoms. The zero-order valence-electron chi connectivity index (χ0n) is 13.1. The molecule has 3 aromatic carbocycles. The third kappa shape index (κ3) is 2.85. The molecule has 3 aromatic rings. The molecule has 106 valence electrons. The van der Waals surface area contributed by atoms with E-state index in [9.17, 15) is 0 Å². The molecule has 0 N–H and O–H groups in total. The quantitative estimate of drug-likeness (QED) is 0.548. The molecule has 0 unspecified atom stereocenters. The first-order valence-electron chi connectivity index (χ1n) is 7.73. The highest BCUT2D eigenvalue weighted by Gasteiger charge is 2.07. The molecule has 0 heteroatoms. The van der Waals surface area contributed by atoms with Gasteiger partial charge in [0.05, 0.1) is 0 Å². The third-order valence-corrected chi connectivity index (χ3v) is 4.03. The van der Waals surface area contributed by atoms with Crippen LogP contribution in [0.2, 0.25) is 0 Å². The minimum atomic E-state index is 0.695. The smallest absolute Gasteiger partial charge is 0.0103 e. The van der Waals surface area contributed by atoms with Crippen molar-refractivity contribution in [1.82, 2.24) is 0 Å². The predicted molar refractivity (Wildman–Crippen MR) is 92.7 cm³/mol. The summed E-state index contributed by atoms with van der Waals surface area (Å²) >= 11 is 0. The van der Waals surface area contributed by atoms with Gasteiger partial charge < -0.3 is 0 Å². The molecule has 0 bridgehead atoms. The molecular weight excluding hydrogens is 252 g/mol.